The Morgan fingerprint density at radius 1 is 1.29 bits per heavy atom. The largest absolute Gasteiger partial charge is 0.482 e. The van der Waals surface area contributed by atoms with Crippen LogP contribution in [0.25, 0.3) is 0 Å². The first-order valence-corrected chi connectivity index (χ1v) is 9.29. The summed E-state index contributed by atoms with van der Waals surface area (Å²) in [7, 11) is 1.33. The number of nitrogens with zero attached hydrogens (tertiary/aromatic N) is 2. The molecule has 1 aliphatic heterocycles. The van der Waals surface area contributed by atoms with Crippen LogP contribution in [0.1, 0.15) is 18.1 Å². The van der Waals surface area contributed by atoms with Gasteiger partial charge < -0.3 is 19.3 Å². The Morgan fingerprint density at radius 2 is 2.00 bits per heavy atom. The van der Waals surface area contributed by atoms with Crippen molar-refractivity contribution in [3.05, 3.63) is 59.9 Å². The number of β-amino-alcohol motifs (C(OH)–C–C–N with tert-alkyl or cyclic N) is 1. The van der Waals surface area contributed by atoms with Crippen molar-refractivity contribution in [1.29, 1.82) is 0 Å². The molecule has 1 saturated heterocycles. The number of esters is 1. The maximum atomic E-state index is 11.1. The zero-order chi connectivity index (χ0) is 20.0. The minimum atomic E-state index is -1.32. The number of aromatic nitrogens is 1. The maximum absolute atomic E-state index is 11.1. The van der Waals surface area contributed by atoms with Gasteiger partial charge in [-0.25, -0.2) is 4.79 Å². The number of aliphatic hydroxyl groups is 1. The Kier molecular flexibility index (Phi) is 6.61. The number of methoxy groups -OCH3 is 1. The molecule has 1 aliphatic rings. The topological polar surface area (TPSA) is 81.1 Å². The molecular formula is C21H26N2O5. The Balaban J connectivity index is 1.58. The van der Waals surface area contributed by atoms with Crippen LogP contribution in [-0.2, 0) is 26.5 Å². The van der Waals surface area contributed by atoms with Gasteiger partial charge in [-0.3, -0.25) is 9.88 Å². The molecule has 150 valence electrons. The second-order valence-electron chi connectivity index (χ2n) is 6.90. The third-order valence-electron chi connectivity index (χ3n) is 4.93. The van der Waals surface area contributed by atoms with Crippen LogP contribution in [0.5, 0.6) is 5.75 Å². The third kappa shape index (κ3) is 5.07. The van der Waals surface area contributed by atoms with E-state index in [0.29, 0.717) is 24.5 Å². The molecule has 7 heteroatoms. The van der Waals surface area contributed by atoms with Gasteiger partial charge in [0.25, 0.3) is 0 Å². The lowest BCUT2D eigenvalue weighted by Gasteiger charge is -2.42. The van der Waals surface area contributed by atoms with E-state index in [-0.39, 0.29) is 12.6 Å². The molecule has 1 fully saturated rings. The second-order valence-corrected chi connectivity index (χ2v) is 6.90. The highest BCUT2D eigenvalue weighted by molar-refractivity contribution is 5.70. The molecule has 2 atom stereocenters. The van der Waals surface area contributed by atoms with Crippen LogP contribution in [0.2, 0.25) is 0 Å². The van der Waals surface area contributed by atoms with Gasteiger partial charge >= 0.3 is 5.97 Å². The Morgan fingerprint density at radius 3 is 2.68 bits per heavy atom. The minimum absolute atomic E-state index is 0.104. The lowest BCUT2D eigenvalue weighted by atomic mass is 10.0. The quantitative estimate of drug-likeness (QED) is 0.726. The minimum Gasteiger partial charge on any atom is -0.482 e. The fourth-order valence-electron chi connectivity index (χ4n) is 3.29. The summed E-state index contributed by atoms with van der Waals surface area (Å²) in [4.78, 5) is 17.4. The van der Waals surface area contributed by atoms with Gasteiger partial charge in [0.1, 0.15) is 5.75 Å². The monoisotopic (exact) mass is 386 g/mol. The molecule has 1 N–H and O–H groups in total. The van der Waals surface area contributed by atoms with Crippen LogP contribution in [0.4, 0.5) is 0 Å². The van der Waals surface area contributed by atoms with E-state index in [4.69, 9.17) is 9.47 Å². The molecular weight excluding hydrogens is 360 g/mol. The number of hydrogen-bond donors (Lipinski definition) is 1. The molecule has 1 aromatic heterocycles. The van der Waals surface area contributed by atoms with Crippen LogP contribution >= 0.6 is 0 Å². The summed E-state index contributed by atoms with van der Waals surface area (Å²) in [5.41, 5.74) is 1.86. The summed E-state index contributed by atoms with van der Waals surface area (Å²) < 4.78 is 15.6. The molecule has 0 amide bonds. The van der Waals surface area contributed by atoms with Gasteiger partial charge in [0.15, 0.2) is 6.61 Å². The SMILES string of the molecule is COC(=O)COc1ccc(CC(C)N2CCOC(O)(c3ccncc3)C2)cc1. The molecule has 0 spiro atoms. The highest BCUT2D eigenvalue weighted by Gasteiger charge is 2.37. The van der Waals surface area contributed by atoms with Crippen molar-refractivity contribution in [2.75, 3.05) is 33.4 Å². The number of rotatable bonds is 7. The van der Waals surface area contributed by atoms with Crippen molar-refractivity contribution < 1.29 is 24.1 Å². The molecule has 0 bridgehead atoms. The summed E-state index contributed by atoms with van der Waals surface area (Å²) in [5, 5.41) is 10.9. The maximum Gasteiger partial charge on any atom is 0.343 e. The molecule has 3 rings (SSSR count). The first-order chi connectivity index (χ1) is 13.5. The summed E-state index contributed by atoms with van der Waals surface area (Å²) in [6.07, 6.45) is 4.13. The van der Waals surface area contributed by atoms with Gasteiger partial charge in [0.2, 0.25) is 5.79 Å². The smallest absolute Gasteiger partial charge is 0.343 e. The van der Waals surface area contributed by atoms with Crippen molar-refractivity contribution in [3.63, 3.8) is 0 Å². The van der Waals surface area contributed by atoms with Crippen molar-refractivity contribution in [2.24, 2.45) is 0 Å². The molecule has 7 nitrogen and oxygen atoms in total. The number of pyridine rings is 1. The zero-order valence-corrected chi connectivity index (χ0v) is 16.2. The predicted molar refractivity (Wildman–Crippen MR) is 103 cm³/mol. The average molecular weight is 386 g/mol. The van der Waals surface area contributed by atoms with Crippen LogP contribution in [0, 0.1) is 0 Å². The third-order valence-corrected chi connectivity index (χ3v) is 4.93. The van der Waals surface area contributed by atoms with Gasteiger partial charge in [-0.15, -0.1) is 0 Å². The van der Waals surface area contributed by atoms with E-state index in [2.05, 4.69) is 21.5 Å². The Hall–Kier alpha value is -2.48. The van der Waals surface area contributed by atoms with E-state index in [0.717, 1.165) is 18.5 Å². The van der Waals surface area contributed by atoms with Gasteiger partial charge in [-0.05, 0) is 43.2 Å². The lowest BCUT2D eigenvalue weighted by Crippen LogP contribution is -2.53. The van der Waals surface area contributed by atoms with Crippen LogP contribution in [-0.4, -0.2) is 60.4 Å². The normalized spacial score (nSPS) is 21.1. The highest BCUT2D eigenvalue weighted by Crippen LogP contribution is 2.28. The van der Waals surface area contributed by atoms with Gasteiger partial charge in [0.05, 0.1) is 20.3 Å². The Bertz CT molecular complexity index is 768. The van der Waals surface area contributed by atoms with E-state index in [1.54, 1.807) is 24.5 Å². The summed E-state index contributed by atoms with van der Waals surface area (Å²) in [6.45, 7) is 3.66. The summed E-state index contributed by atoms with van der Waals surface area (Å²) in [5.74, 6) is -1.10. The first-order valence-electron chi connectivity index (χ1n) is 9.29. The van der Waals surface area contributed by atoms with Crippen molar-refractivity contribution >= 4 is 5.97 Å². The van der Waals surface area contributed by atoms with E-state index >= 15 is 0 Å². The molecule has 0 aliphatic carbocycles. The summed E-state index contributed by atoms with van der Waals surface area (Å²) in [6, 6.07) is 11.4. The van der Waals surface area contributed by atoms with E-state index in [1.807, 2.05) is 24.3 Å². The predicted octanol–water partition coefficient (Wildman–Crippen LogP) is 1.74. The van der Waals surface area contributed by atoms with E-state index in [9.17, 15) is 9.90 Å². The van der Waals surface area contributed by atoms with Crippen LogP contribution < -0.4 is 4.74 Å². The van der Waals surface area contributed by atoms with Crippen LogP contribution in [0.15, 0.2) is 48.8 Å². The second kappa shape index (κ2) is 9.14. The fraction of sp³-hybridized carbons (Fsp3) is 0.429. The lowest BCUT2D eigenvalue weighted by molar-refractivity contribution is -0.251. The number of morpholine rings is 1. The van der Waals surface area contributed by atoms with Gasteiger partial charge in [0, 0.05) is 30.5 Å². The van der Waals surface area contributed by atoms with Crippen LogP contribution in [0.3, 0.4) is 0 Å². The number of carbonyl (C=O) groups is 1. The Labute approximate surface area is 164 Å². The van der Waals surface area contributed by atoms with Gasteiger partial charge in [-0.2, -0.15) is 0 Å². The van der Waals surface area contributed by atoms with Crippen molar-refractivity contribution in [1.82, 2.24) is 9.88 Å². The van der Waals surface area contributed by atoms with Crippen molar-refractivity contribution in [3.8, 4) is 5.75 Å². The van der Waals surface area contributed by atoms with Crippen molar-refractivity contribution in [2.45, 2.75) is 25.2 Å². The molecule has 1 aromatic carbocycles. The molecule has 2 aromatic rings. The summed E-state index contributed by atoms with van der Waals surface area (Å²) >= 11 is 0. The number of ether oxygens (including phenoxy) is 3. The van der Waals surface area contributed by atoms with E-state index in [1.165, 1.54) is 7.11 Å². The zero-order valence-electron chi connectivity index (χ0n) is 16.2. The molecule has 0 radical (unpaired) electrons. The standard InChI is InChI=1S/C21H26N2O5/c1-16(13-17-3-5-19(6-4-17)27-14-20(24)26-2)23-11-12-28-21(25,15-23)18-7-9-22-10-8-18/h3-10,16,25H,11-15H2,1-2H3. The average Bonchev–Trinajstić information content (AvgIpc) is 2.73. The fourth-order valence-corrected chi connectivity index (χ4v) is 3.29. The number of benzene rings is 1. The molecule has 0 saturated carbocycles. The first kappa shape index (κ1) is 20.3. The molecule has 2 heterocycles. The molecule has 2 unspecified atom stereocenters. The molecule has 28 heavy (non-hydrogen) atoms. The van der Waals surface area contributed by atoms with E-state index < -0.39 is 11.8 Å². The number of hydrogen-bond acceptors (Lipinski definition) is 7. The van der Waals surface area contributed by atoms with Gasteiger partial charge in [-0.1, -0.05) is 12.1 Å². The number of carbonyl (C=O) groups excluding carboxylic acids is 1. The highest BCUT2D eigenvalue weighted by atomic mass is 16.6.